The molecule has 2 aromatic rings. The summed E-state index contributed by atoms with van der Waals surface area (Å²) in [6.07, 6.45) is 0. The summed E-state index contributed by atoms with van der Waals surface area (Å²) < 4.78 is 15.9. The maximum absolute atomic E-state index is 12.0. The minimum Gasteiger partial charge on any atom is -0.496 e. The first-order valence-corrected chi connectivity index (χ1v) is 6.39. The molecule has 0 amide bonds. The van der Waals surface area contributed by atoms with Gasteiger partial charge in [0, 0.05) is 23.4 Å². The number of nitrogens with one attached hydrogen (secondary N) is 1. The average molecular weight is 290 g/mol. The number of methoxy groups -OCH3 is 3. The molecule has 0 saturated heterocycles. The second-order valence-corrected chi connectivity index (χ2v) is 4.53. The van der Waals surface area contributed by atoms with E-state index < -0.39 is 0 Å². The van der Waals surface area contributed by atoms with E-state index in [2.05, 4.69) is 9.97 Å². The summed E-state index contributed by atoms with van der Waals surface area (Å²) in [6, 6.07) is 3.43. The molecule has 0 atom stereocenters. The van der Waals surface area contributed by atoms with Crippen molar-refractivity contribution >= 4 is 0 Å². The van der Waals surface area contributed by atoms with Gasteiger partial charge in [0.2, 0.25) is 0 Å². The third kappa shape index (κ3) is 2.69. The molecule has 0 fully saturated rings. The SMILES string of the molecule is COc1cc(OC)c(-c2nc(C)c(C)c(=O)[nH]2)c(OC)c1. The third-order valence-electron chi connectivity index (χ3n) is 3.35. The van der Waals surface area contributed by atoms with Crippen molar-refractivity contribution in [2.24, 2.45) is 0 Å². The van der Waals surface area contributed by atoms with E-state index in [0.717, 1.165) is 0 Å². The molecule has 1 aromatic carbocycles. The zero-order chi connectivity index (χ0) is 15.6. The van der Waals surface area contributed by atoms with Crippen molar-refractivity contribution in [3.63, 3.8) is 0 Å². The predicted molar refractivity (Wildman–Crippen MR) is 79.4 cm³/mol. The predicted octanol–water partition coefficient (Wildman–Crippen LogP) is 2.08. The van der Waals surface area contributed by atoms with Crippen LogP contribution in [0.2, 0.25) is 0 Å². The summed E-state index contributed by atoms with van der Waals surface area (Å²) in [7, 11) is 4.64. The summed E-state index contributed by atoms with van der Waals surface area (Å²) in [6.45, 7) is 3.52. The van der Waals surface area contributed by atoms with Crippen LogP contribution in [0.15, 0.2) is 16.9 Å². The van der Waals surface area contributed by atoms with Gasteiger partial charge in [-0.05, 0) is 13.8 Å². The van der Waals surface area contributed by atoms with Gasteiger partial charge >= 0.3 is 0 Å². The van der Waals surface area contributed by atoms with Gasteiger partial charge in [-0.3, -0.25) is 4.79 Å². The van der Waals surface area contributed by atoms with Crippen LogP contribution >= 0.6 is 0 Å². The van der Waals surface area contributed by atoms with E-state index in [4.69, 9.17) is 14.2 Å². The molecule has 1 heterocycles. The van der Waals surface area contributed by atoms with Crippen LogP contribution in [0.3, 0.4) is 0 Å². The number of H-pyrrole nitrogens is 1. The Kier molecular flexibility index (Phi) is 4.16. The lowest BCUT2D eigenvalue weighted by atomic mass is 10.1. The molecule has 6 heteroatoms. The van der Waals surface area contributed by atoms with E-state index in [0.29, 0.717) is 39.9 Å². The second kappa shape index (κ2) is 5.87. The molecule has 2 rings (SSSR count). The van der Waals surface area contributed by atoms with Crippen LogP contribution < -0.4 is 19.8 Å². The van der Waals surface area contributed by atoms with Gasteiger partial charge < -0.3 is 19.2 Å². The van der Waals surface area contributed by atoms with Gasteiger partial charge in [-0.1, -0.05) is 0 Å². The number of aryl methyl sites for hydroxylation is 1. The Morgan fingerprint density at radius 3 is 2.00 bits per heavy atom. The molecular weight excluding hydrogens is 272 g/mol. The van der Waals surface area contributed by atoms with Gasteiger partial charge in [0.1, 0.15) is 28.6 Å². The average Bonchev–Trinajstić information content (AvgIpc) is 2.50. The summed E-state index contributed by atoms with van der Waals surface area (Å²) in [4.78, 5) is 19.1. The van der Waals surface area contributed by atoms with Crippen LogP contribution in [0.1, 0.15) is 11.3 Å². The molecule has 0 saturated carbocycles. The van der Waals surface area contributed by atoms with E-state index in [-0.39, 0.29) is 5.56 Å². The summed E-state index contributed by atoms with van der Waals surface area (Å²) in [5, 5.41) is 0. The van der Waals surface area contributed by atoms with Gasteiger partial charge in [-0.2, -0.15) is 0 Å². The zero-order valence-electron chi connectivity index (χ0n) is 12.7. The van der Waals surface area contributed by atoms with Crippen LogP contribution in [-0.2, 0) is 0 Å². The van der Waals surface area contributed by atoms with Gasteiger partial charge in [-0.25, -0.2) is 4.98 Å². The van der Waals surface area contributed by atoms with Gasteiger partial charge in [0.25, 0.3) is 5.56 Å². The van der Waals surface area contributed by atoms with Crippen LogP contribution in [0, 0.1) is 13.8 Å². The van der Waals surface area contributed by atoms with Crippen molar-refractivity contribution in [1.82, 2.24) is 9.97 Å². The summed E-state index contributed by atoms with van der Waals surface area (Å²) >= 11 is 0. The molecule has 1 N–H and O–H groups in total. The van der Waals surface area contributed by atoms with Gasteiger partial charge in [0.05, 0.1) is 21.3 Å². The van der Waals surface area contributed by atoms with Crippen LogP contribution in [0.4, 0.5) is 0 Å². The normalized spacial score (nSPS) is 10.3. The van der Waals surface area contributed by atoms with E-state index in [9.17, 15) is 4.79 Å². The van der Waals surface area contributed by atoms with Crippen LogP contribution in [-0.4, -0.2) is 31.3 Å². The van der Waals surface area contributed by atoms with E-state index in [1.807, 2.05) is 0 Å². The molecule has 0 radical (unpaired) electrons. The number of benzene rings is 1. The molecule has 0 bridgehead atoms. The maximum atomic E-state index is 12.0. The molecule has 21 heavy (non-hydrogen) atoms. The van der Waals surface area contributed by atoms with Crippen LogP contribution in [0.5, 0.6) is 17.2 Å². The Bertz CT molecular complexity index is 697. The Morgan fingerprint density at radius 2 is 1.57 bits per heavy atom. The van der Waals surface area contributed by atoms with Gasteiger partial charge in [-0.15, -0.1) is 0 Å². The van der Waals surface area contributed by atoms with Gasteiger partial charge in [0.15, 0.2) is 0 Å². The minimum atomic E-state index is -0.183. The van der Waals surface area contributed by atoms with Crippen molar-refractivity contribution in [3.05, 3.63) is 33.7 Å². The second-order valence-electron chi connectivity index (χ2n) is 4.53. The molecule has 6 nitrogen and oxygen atoms in total. The number of aromatic amines is 1. The van der Waals surface area contributed by atoms with Crippen molar-refractivity contribution < 1.29 is 14.2 Å². The first-order valence-electron chi connectivity index (χ1n) is 6.39. The highest BCUT2D eigenvalue weighted by molar-refractivity contribution is 5.73. The Balaban J connectivity index is 2.76. The molecule has 0 aliphatic carbocycles. The molecular formula is C15H18N2O4. The van der Waals surface area contributed by atoms with Crippen molar-refractivity contribution in [3.8, 4) is 28.6 Å². The summed E-state index contributed by atoms with van der Waals surface area (Å²) in [5.74, 6) is 2.02. The maximum Gasteiger partial charge on any atom is 0.254 e. The smallest absolute Gasteiger partial charge is 0.254 e. The number of rotatable bonds is 4. The number of hydrogen-bond donors (Lipinski definition) is 1. The number of nitrogens with zero attached hydrogens (tertiary/aromatic N) is 1. The first-order chi connectivity index (χ1) is 10.0. The number of aromatic nitrogens is 2. The largest absolute Gasteiger partial charge is 0.496 e. The lowest BCUT2D eigenvalue weighted by Crippen LogP contribution is -2.15. The monoisotopic (exact) mass is 290 g/mol. The van der Waals surface area contributed by atoms with Crippen LogP contribution in [0.25, 0.3) is 11.4 Å². The summed E-state index contributed by atoms with van der Waals surface area (Å²) in [5.41, 5.74) is 1.65. The first kappa shape index (κ1) is 14.9. The highest BCUT2D eigenvalue weighted by atomic mass is 16.5. The molecule has 0 aliphatic rings. The minimum absolute atomic E-state index is 0.183. The molecule has 1 aromatic heterocycles. The lowest BCUT2D eigenvalue weighted by molar-refractivity contribution is 0.377. The number of hydrogen-bond acceptors (Lipinski definition) is 5. The Labute approximate surface area is 122 Å². The highest BCUT2D eigenvalue weighted by Crippen LogP contribution is 2.39. The van der Waals surface area contributed by atoms with E-state index in [1.54, 1.807) is 33.1 Å². The van der Waals surface area contributed by atoms with E-state index >= 15 is 0 Å². The fourth-order valence-electron chi connectivity index (χ4n) is 2.00. The quantitative estimate of drug-likeness (QED) is 0.933. The lowest BCUT2D eigenvalue weighted by Gasteiger charge is -2.15. The zero-order valence-corrected chi connectivity index (χ0v) is 12.7. The molecule has 0 unspecified atom stereocenters. The molecule has 0 spiro atoms. The van der Waals surface area contributed by atoms with Crippen molar-refractivity contribution in [2.75, 3.05) is 21.3 Å². The fraction of sp³-hybridized carbons (Fsp3) is 0.333. The fourth-order valence-corrected chi connectivity index (χ4v) is 2.00. The van der Waals surface area contributed by atoms with Crippen molar-refractivity contribution in [2.45, 2.75) is 13.8 Å². The topological polar surface area (TPSA) is 73.4 Å². The molecule has 0 aliphatic heterocycles. The Morgan fingerprint density at radius 1 is 1.00 bits per heavy atom. The van der Waals surface area contributed by atoms with Crippen molar-refractivity contribution in [1.29, 1.82) is 0 Å². The number of ether oxygens (including phenoxy) is 3. The highest BCUT2D eigenvalue weighted by Gasteiger charge is 2.18. The Hall–Kier alpha value is -2.50. The van der Waals surface area contributed by atoms with E-state index in [1.165, 1.54) is 14.2 Å². The standard InChI is InChI=1S/C15H18N2O4/c1-8-9(2)16-14(17-15(8)18)13-11(20-4)6-10(19-3)7-12(13)21-5/h6-7H,1-5H3,(H,16,17,18). The molecule has 112 valence electrons. The third-order valence-corrected chi connectivity index (χ3v) is 3.35.